The lowest BCUT2D eigenvalue weighted by atomic mass is 10.1. The number of nitriles is 1. The number of ether oxygens (including phenoxy) is 1. The molecule has 0 aliphatic carbocycles. The Morgan fingerprint density at radius 3 is 2.50 bits per heavy atom. The Kier molecular flexibility index (Phi) is 4.67. The van der Waals surface area contributed by atoms with E-state index in [0.717, 1.165) is 5.56 Å². The van der Waals surface area contributed by atoms with Gasteiger partial charge in [-0.2, -0.15) is 9.57 Å². The maximum atomic E-state index is 13.1. The van der Waals surface area contributed by atoms with E-state index < -0.39 is 10.0 Å². The first-order valence-electron chi connectivity index (χ1n) is 7.71. The highest BCUT2D eigenvalue weighted by atomic mass is 32.2. The van der Waals surface area contributed by atoms with Crippen molar-refractivity contribution in [1.82, 2.24) is 4.31 Å². The molecule has 0 spiro atoms. The summed E-state index contributed by atoms with van der Waals surface area (Å²) >= 11 is 0. The van der Waals surface area contributed by atoms with Gasteiger partial charge in [0.25, 0.3) is 0 Å². The zero-order chi connectivity index (χ0) is 17.2. The van der Waals surface area contributed by atoms with Crippen LogP contribution in [0.25, 0.3) is 0 Å². The summed E-state index contributed by atoms with van der Waals surface area (Å²) < 4.78 is 33.4. The van der Waals surface area contributed by atoms with Gasteiger partial charge in [0.05, 0.1) is 23.2 Å². The number of nitrogens with zero attached hydrogens (tertiary/aromatic N) is 2. The predicted octanol–water partition coefficient (Wildman–Crippen LogP) is 2.71. The molecule has 1 saturated heterocycles. The Morgan fingerprint density at radius 2 is 1.79 bits per heavy atom. The minimum absolute atomic E-state index is 0.0491. The van der Waals surface area contributed by atoms with E-state index in [2.05, 4.69) is 0 Å². The molecule has 0 radical (unpaired) electrons. The molecule has 2 aromatic rings. The molecule has 0 amide bonds. The Bertz CT molecular complexity index is 859. The van der Waals surface area contributed by atoms with Crippen molar-refractivity contribution in [2.45, 2.75) is 24.0 Å². The molecule has 6 heteroatoms. The number of rotatable bonds is 3. The molecular formula is C18H18N2O3S. The van der Waals surface area contributed by atoms with Crippen molar-refractivity contribution in [3.8, 4) is 6.07 Å². The van der Waals surface area contributed by atoms with Crippen LogP contribution >= 0.6 is 0 Å². The molecule has 124 valence electrons. The standard InChI is InChI=1S/C18H18N2O3S/c1-14-13-23-17(15-7-3-2-4-8-15)12-20(14)24(21,22)18-10-6-5-9-16(18)11-19/h2-10,14,17H,12-13H2,1H3. The van der Waals surface area contributed by atoms with Gasteiger partial charge in [0, 0.05) is 12.6 Å². The van der Waals surface area contributed by atoms with Gasteiger partial charge >= 0.3 is 0 Å². The molecule has 1 fully saturated rings. The third-order valence-corrected chi connectivity index (χ3v) is 6.18. The van der Waals surface area contributed by atoms with Crippen LogP contribution in [0.2, 0.25) is 0 Å². The van der Waals surface area contributed by atoms with E-state index in [-0.39, 0.29) is 29.1 Å². The van der Waals surface area contributed by atoms with Crippen molar-refractivity contribution in [1.29, 1.82) is 5.26 Å². The SMILES string of the molecule is CC1COC(c2ccccc2)CN1S(=O)(=O)c1ccccc1C#N. The number of benzene rings is 2. The molecule has 0 saturated carbocycles. The van der Waals surface area contributed by atoms with Crippen LogP contribution in [-0.2, 0) is 14.8 Å². The van der Waals surface area contributed by atoms with Gasteiger partial charge in [0.2, 0.25) is 10.0 Å². The van der Waals surface area contributed by atoms with Crippen molar-refractivity contribution in [3.05, 3.63) is 65.7 Å². The summed E-state index contributed by atoms with van der Waals surface area (Å²) in [7, 11) is -3.76. The molecule has 1 aliphatic heterocycles. The first-order valence-corrected chi connectivity index (χ1v) is 9.15. The fraction of sp³-hybridized carbons (Fsp3) is 0.278. The Morgan fingerprint density at radius 1 is 1.12 bits per heavy atom. The molecule has 2 atom stereocenters. The summed E-state index contributed by atoms with van der Waals surface area (Å²) in [5.41, 5.74) is 1.10. The predicted molar refractivity (Wildman–Crippen MR) is 89.6 cm³/mol. The summed E-state index contributed by atoms with van der Waals surface area (Å²) in [4.78, 5) is 0.0491. The normalized spacial score (nSPS) is 22.0. The Labute approximate surface area is 142 Å². The molecule has 0 N–H and O–H groups in total. The molecule has 2 unspecified atom stereocenters. The van der Waals surface area contributed by atoms with Crippen LogP contribution in [0.3, 0.4) is 0 Å². The fourth-order valence-electron chi connectivity index (χ4n) is 2.85. The highest BCUT2D eigenvalue weighted by molar-refractivity contribution is 7.89. The van der Waals surface area contributed by atoms with Crippen molar-refractivity contribution >= 4 is 10.0 Å². The van der Waals surface area contributed by atoms with Gasteiger partial charge in [-0.3, -0.25) is 0 Å². The largest absolute Gasteiger partial charge is 0.370 e. The van der Waals surface area contributed by atoms with Crippen LogP contribution in [-0.4, -0.2) is 31.9 Å². The fourth-order valence-corrected chi connectivity index (χ4v) is 4.61. The molecule has 5 nitrogen and oxygen atoms in total. The van der Waals surface area contributed by atoms with Gasteiger partial charge < -0.3 is 4.74 Å². The van der Waals surface area contributed by atoms with Crippen LogP contribution in [0.5, 0.6) is 0 Å². The number of hydrogen-bond acceptors (Lipinski definition) is 4. The van der Waals surface area contributed by atoms with Crippen molar-refractivity contribution in [3.63, 3.8) is 0 Å². The monoisotopic (exact) mass is 342 g/mol. The molecule has 0 bridgehead atoms. The zero-order valence-corrected chi connectivity index (χ0v) is 14.1. The average molecular weight is 342 g/mol. The summed E-state index contributed by atoms with van der Waals surface area (Å²) in [5, 5.41) is 9.22. The smallest absolute Gasteiger partial charge is 0.244 e. The molecule has 1 heterocycles. The van der Waals surface area contributed by atoms with Gasteiger partial charge in [0.1, 0.15) is 6.07 Å². The molecular weight excluding hydrogens is 324 g/mol. The third kappa shape index (κ3) is 3.06. The highest BCUT2D eigenvalue weighted by Crippen LogP contribution is 2.30. The first-order chi connectivity index (χ1) is 11.5. The van der Waals surface area contributed by atoms with Crippen molar-refractivity contribution in [2.75, 3.05) is 13.2 Å². The number of morpholine rings is 1. The minimum atomic E-state index is -3.76. The quantitative estimate of drug-likeness (QED) is 0.860. The number of sulfonamides is 1. The molecule has 0 aromatic heterocycles. The van der Waals surface area contributed by atoms with Crippen molar-refractivity contribution in [2.24, 2.45) is 0 Å². The van der Waals surface area contributed by atoms with E-state index in [0.29, 0.717) is 6.61 Å². The summed E-state index contributed by atoms with van der Waals surface area (Å²) in [5.74, 6) is 0. The minimum Gasteiger partial charge on any atom is -0.370 e. The summed E-state index contributed by atoms with van der Waals surface area (Å²) in [6.07, 6.45) is -0.313. The van der Waals surface area contributed by atoms with E-state index >= 15 is 0 Å². The zero-order valence-electron chi connectivity index (χ0n) is 13.3. The second-order valence-corrected chi connectivity index (χ2v) is 7.62. The molecule has 24 heavy (non-hydrogen) atoms. The van der Waals surface area contributed by atoms with E-state index in [1.807, 2.05) is 43.3 Å². The van der Waals surface area contributed by atoms with Gasteiger partial charge in [-0.25, -0.2) is 8.42 Å². The lowest BCUT2D eigenvalue weighted by Crippen LogP contribution is -2.48. The molecule has 1 aliphatic rings. The van der Waals surface area contributed by atoms with Crippen LogP contribution in [0.15, 0.2) is 59.5 Å². The van der Waals surface area contributed by atoms with Crippen LogP contribution in [0.1, 0.15) is 24.2 Å². The Balaban J connectivity index is 1.96. The maximum absolute atomic E-state index is 13.1. The second kappa shape index (κ2) is 6.73. The Hall–Kier alpha value is -2.20. The number of hydrogen-bond donors (Lipinski definition) is 0. The van der Waals surface area contributed by atoms with Gasteiger partial charge in [-0.05, 0) is 24.6 Å². The maximum Gasteiger partial charge on any atom is 0.244 e. The van der Waals surface area contributed by atoms with E-state index in [4.69, 9.17) is 4.74 Å². The topological polar surface area (TPSA) is 70.4 Å². The van der Waals surface area contributed by atoms with Crippen LogP contribution in [0.4, 0.5) is 0 Å². The highest BCUT2D eigenvalue weighted by Gasteiger charge is 2.37. The first kappa shape index (κ1) is 16.7. The van der Waals surface area contributed by atoms with Crippen LogP contribution in [0, 0.1) is 11.3 Å². The van der Waals surface area contributed by atoms with Gasteiger partial charge in [-0.1, -0.05) is 42.5 Å². The summed E-state index contributed by atoms with van der Waals surface area (Å²) in [6.45, 7) is 2.36. The molecule has 3 rings (SSSR count). The summed E-state index contributed by atoms with van der Waals surface area (Å²) in [6, 6.07) is 17.5. The van der Waals surface area contributed by atoms with Crippen LogP contribution < -0.4 is 0 Å². The lowest BCUT2D eigenvalue weighted by molar-refractivity contribution is -0.0288. The van der Waals surface area contributed by atoms with Crippen molar-refractivity contribution < 1.29 is 13.2 Å². The second-order valence-electron chi connectivity index (χ2n) is 5.76. The van der Waals surface area contributed by atoms with Gasteiger partial charge in [-0.15, -0.1) is 0 Å². The van der Waals surface area contributed by atoms with E-state index in [1.54, 1.807) is 12.1 Å². The third-order valence-electron chi connectivity index (χ3n) is 4.14. The van der Waals surface area contributed by atoms with Gasteiger partial charge in [0.15, 0.2) is 0 Å². The van der Waals surface area contributed by atoms with E-state index in [1.165, 1.54) is 16.4 Å². The van der Waals surface area contributed by atoms with E-state index in [9.17, 15) is 13.7 Å². The average Bonchev–Trinajstić information content (AvgIpc) is 2.62. The molecule has 2 aromatic carbocycles. The lowest BCUT2D eigenvalue weighted by Gasteiger charge is -2.37.